The Labute approximate surface area is 150 Å². The maximum absolute atomic E-state index is 13.0. The average Bonchev–Trinajstić information content (AvgIpc) is 2.62. The van der Waals surface area contributed by atoms with Gasteiger partial charge in [-0.2, -0.15) is 13.2 Å². The largest absolute Gasteiger partial charge is 0.418 e. The number of halogens is 3. The number of anilines is 1. The van der Waals surface area contributed by atoms with Crippen LogP contribution in [-0.2, 0) is 6.18 Å². The van der Waals surface area contributed by atoms with E-state index in [1.54, 1.807) is 12.1 Å². The monoisotopic (exact) mass is 363 g/mol. The van der Waals surface area contributed by atoms with E-state index in [1.165, 1.54) is 43.0 Å². The standard InChI is InChI=1S/C20H20F3NO2/c21-20(22,23)17-8-4-5-9-18(17)24-19(25)26-16-12-10-15(11-13-16)14-6-2-1-3-7-14/h4-5,8-14H,1-3,6-7H2,(H,24,25). The molecule has 0 unspecified atom stereocenters. The Morgan fingerprint density at radius 3 is 2.27 bits per heavy atom. The van der Waals surface area contributed by atoms with Crippen LogP contribution in [-0.4, -0.2) is 6.09 Å². The predicted octanol–water partition coefficient (Wildman–Crippen LogP) is 6.36. The van der Waals surface area contributed by atoms with Gasteiger partial charge in [0.2, 0.25) is 0 Å². The van der Waals surface area contributed by atoms with E-state index in [4.69, 9.17) is 4.74 Å². The Kier molecular flexibility index (Phi) is 5.49. The summed E-state index contributed by atoms with van der Waals surface area (Å²) in [6.45, 7) is 0. The Morgan fingerprint density at radius 1 is 0.962 bits per heavy atom. The van der Waals surface area contributed by atoms with E-state index in [0.29, 0.717) is 11.7 Å². The fourth-order valence-corrected chi connectivity index (χ4v) is 3.33. The average molecular weight is 363 g/mol. The van der Waals surface area contributed by atoms with Crippen molar-refractivity contribution in [2.45, 2.75) is 44.2 Å². The zero-order valence-electron chi connectivity index (χ0n) is 14.2. The van der Waals surface area contributed by atoms with Gasteiger partial charge in [0.1, 0.15) is 5.75 Å². The van der Waals surface area contributed by atoms with Crippen molar-refractivity contribution in [2.24, 2.45) is 0 Å². The maximum Gasteiger partial charge on any atom is 0.418 e. The second kappa shape index (κ2) is 7.81. The van der Waals surface area contributed by atoms with Crippen LogP contribution < -0.4 is 10.1 Å². The van der Waals surface area contributed by atoms with Gasteiger partial charge in [-0.3, -0.25) is 5.32 Å². The Bertz CT molecular complexity index is 750. The van der Waals surface area contributed by atoms with Crippen LogP contribution in [0.3, 0.4) is 0 Å². The van der Waals surface area contributed by atoms with Gasteiger partial charge in [-0.1, -0.05) is 43.5 Å². The minimum Gasteiger partial charge on any atom is -0.410 e. The molecular weight excluding hydrogens is 343 g/mol. The molecule has 1 aliphatic rings. The van der Waals surface area contributed by atoms with E-state index >= 15 is 0 Å². The third-order valence-corrected chi connectivity index (χ3v) is 4.64. The zero-order chi connectivity index (χ0) is 18.6. The Balaban J connectivity index is 1.64. The van der Waals surface area contributed by atoms with Gasteiger partial charge in [-0.05, 0) is 48.6 Å². The van der Waals surface area contributed by atoms with Crippen molar-refractivity contribution < 1.29 is 22.7 Å². The number of carbonyl (C=O) groups is 1. The summed E-state index contributed by atoms with van der Waals surface area (Å²) in [7, 11) is 0. The molecule has 1 amide bonds. The molecule has 6 heteroatoms. The van der Waals surface area contributed by atoms with E-state index < -0.39 is 17.8 Å². The molecule has 1 saturated carbocycles. The van der Waals surface area contributed by atoms with Gasteiger partial charge in [0.15, 0.2) is 0 Å². The molecule has 1 aliphatic carbocycles. The smallest absolute Gasteiger partial charge is 0.410 e. The lowest BCUT2D eigenvalue weighted by molar-refractivity contribution is -0.136. The summed E-state index contributed by atoms with van der Waals surface area (Å²) in [5, 5.41) is 2.16. The van der Waals surface area contributed by atoms with Crippen LogP contribution in [0.1, 0.15) is 49.1 Å². The number of ether oxygens (including phenoxy) is 1. The van der Waals surface area contributed by atoms with Crippen molar-refractivity contribution in [1.29, 1.82) is 0 Å². The van der Waals surface area contributed by atoms with Crippen molar-refractivity contribution in [3.05, 3.63) is 59.7 Å². The second-order valence-corrected chi connectivity index (χ2v) is 6.46. The molecule has 0 saturated heterocycles. The molecule has 0 radical (unpaired) electrons. The fourth-order valence-electron chi connectivity index (χ4n) is 3.33. The van der Waals surface area contributed by atoms with E-state index in [2.05, 4.69) is 5.32 Å². The van der Waals surface area contributed by atoms with Crippen LogP contribution in [0, 0.1) is 0 Å². The molecule has 1 fully saturated rings. The lowest BCUT2D eigenvalue weighted by atomic mass is 9.84. The first-order valence-corrected chi connectivity index (χ1v) is 8.68. The number of para-hydroxylation sites is 1. The molecule has 26 heavy (non-hydrogen) atoms. The minimum atomic E-state index is -4.55. The van der Waals surface area contributed by atoms with Gasteiger partial charge < -0.3 is 4.74 Å². The third kappa shape index (κ3) is 4.56. The number of benzene rings is 2. The molecule has 0 spiro atoms. The molecule has 0 aromatic heterocycles. The van der Waals surface area contributed by atoms with Crippen LogP contribution >= 0.6 is 0 Å². The van der Waals surface area contributed by atoms with Gasteiger partial charge >= 0.3 is 12.3 Å². The van der Waals surface area contributed by atoms with Crippen LogP contribution in [0.25, 0.3) is 0 Å². The number of nitrogens with one attached hydrogen (secondary N) is 1. The van der Waals surface area contributed by atoms with Crippen molar-refractivity contribution in [2.75, 3.05) is 5.32 Å². The number of carbonyl (C=O) groups excluding carboxylic acids is 1. The summed E-state index contributed by atoms with van der Waals surface area (Å²) in [4.78, 5) is 11.9. The van der Waals surface area contributed by atoms with Crippen LogP contribution in [0.4, 0.5) is 23.7 Å². The first kappa shape index (κ1) is 18.3. The van der Waals surface area contributed by atoms with E-state index in [0.717, 1.165) is 18.9 Å². The summed E-state index contributed by atoms with van der Waals surface area (Å²) < 4.78 is 44.0. The summed E-state index contributed by atoms with van der Waals surface area (Å²) >= 11 is 0. The SMILES string of the molecule is O=C(Nc1ccccc1C(F)(F)F)Oc1ccc(C2CCCCC2)cc1. The number of hydrogen-bond acceptors (Lipinski definition) is 2. The van der Waals surface area contributed by atoms with Crippen molar-refractivity contribution >= 4 is 11.8 Å². The fraction of sp³-hybridized carbons (Fsp3) is 0.350. The molecule has 2 aromatic rings. The highest BCUT2D eigenvalue weighted by Crippen LogP contribution is 2.35. The van der Waals surface area contributed by atoms with Crippen LogP contribution in [0.15, 0.2) is 48.5 Å². The molecule has 3 rings (SSSR count). The highest BCUT2D eigenvalue weighted by molar-refractivity contribution is 5.87. The van der Waals surface area contributed by atoms with Crippen molar-refractivity contribution in [3.63, 3.8) is 0 Å². The van der Waals surface area contributed by atoms with E-state index in [9.17, 15) is 18.0 Å². The number of amides is 1. The molecule has 138 valence electrons. The Morgan fingerprint density at radius 2 is 1.62 bits per heavy atom. The quantitative estimate of drug-likeness (QED) is 0.689. The predicted molar refractivity (Wildman–Crippen MR) is 93.4 cm³/mol. The number of hydrogen-bond donors (Lipinski definition) is 1. The molecule has 0 atom stereocenters. The molecule has 3 nitrogen and oxygen atoms in total. The molecule has 2 aromatic carbocycles. The van der Waals surface area contributed by atoms with Crippen molar-refractivity contribution in [3.8, 4) is 5.75 Å². The summed E-state index contributed by atoms with van der Waals surface area (Å²) in [6.07, 6.45) is 0.549. The lowest BCUT2D eigenvalue weighted by Gasteiger charge is -2.22. The van der Waals surface area contributed by atoms with Gasteiger partial charge in [-0.25, -0.2) is 4.79 Å². The first-order chi connectivity index (χ1) is 12.4. The highest BCUT2D eigenvalue weighted by atomic mass is 19.4. The molecular formula is C20H20F3NO2. The van der Waals surface area contributed by atoms with E-state index in [-0.39, 0.29) is 5.69 Å². The summed E-state index contributed by atoms with van der Waals surface area (Å²) in [5.41, 5.74) is -0.0340. The van der Waals surface area contributed by atoms with E-state index in [1.807, 2.05) is 12.1 Å². The molecule has 0 aliphatic heterocycles. The topological polar surface area (TPSA) is 38.3 Å². The number of rotatable bonds is 3. The van der Waals surface area contributed by atoms with Crippen molar-refractivity contribution in [1.82, 2.24) is 0 Å². The van der Waals surface area contributed by atoms with Gasteiger partial charge in [0, 0.05) is 0 Å². The second-order valence-electron chi connectivity index (χ2n) is 6.46. The maximum atomic E-state index is 13.0. The Hall–Kier alpha value is -2.50. The lowest BCUT2D eigenvalue weighted by Crippen LogP contribution is -2.19. The zero-order valence-corrected chi connectivity index (χ0v) is 14.2. The third-order valence-electron chi connectivity index (χ3n) is 4.64. The van der Waals surface area contributed by atoms with Crippen LogP contribution in [0.2, 0.25) is 0 Å². The normalized spacial score (nSPS) is 15.5. The van der Waals surface area contributed by atoms with Gasteiger partial charge in [-0.15, -0.1) is 0 Å². The van der Waals surface area contributed by atoms with Crippen LogP contribution in [0.5, 0.6) is 5.75 Å². The molecule has 1 N–H and O–H groups in total. The minimum absolute atomic E-state index is 0.298. The van der Waals surface area contributed by atoms with Gasteiger partial charge in [0.25, 0.3) is 0 Å². The number of alkyl halides is 3. The van der Waals surface area contributed by atoms with Gasteiger partial charge in [0.05, 0.1) is 11.3 Å². The molecule has 0 bridgehead atoms. The highest BCUT2D eigenvalue weighted by Gasteiger charge is 2.33. The summed E-state index contributed by atoms with van der Waals surface area (Å²) in [6, 6.07) is 12.0. The molecule has 0 heterocycles. The first-order valence-electron chi connectivity index (χ1n) is 8.68. The summed E-state index contributed by atoms with van der Waals surface area (Å²) in [5.74, 6) is 0.830.